The molecule has 2 heterocycles. The van der Waals surface area contributed by atoms with Gasteiger partial charge in [0.2, 0.25) is 5.91 Å². The van der Waals surface area contributed by atoms with Gasteiger partial charge in [0.05, 0.1) is 24.6 Å². The van der Waals surface area contributed by atoms with Crippen LogP contribution in [0.25, 0.3) is 0 Å². The maximum Gasteiger partial charge on any atom is 0.312 e. The van der Waals surface area contributed by atoms with E-state index < -0.39 is 17.6 Å². The first-order valence-electron chi connectivity index (χ1n) is 7.14. The highest BCUT2D eigenvalue weighted by Gasteiger charge is 2.33. The van der Waals surface area contributed by atoms with Gasteiger partial charge in [0.25, 0.3) is 0 Å². The van der Waals surface area contributed by atoms with E-state index in [-0.39, 0.29) is 18.9 Å². The third kappa shape index (κ3) is 4.62. The smallest absolute Gasteiger partial charge is 0.312 e. The molecule has 1 aromatic rings. The highest BCUT2D eigenvalue weighted by atomic mass is 32.2. The Morgan fingerprint density at radius 1 is 1.41 bits per heavy atom. The van der Waals surface area contributed by atoms with Crippen molar-refractivity contribution in [3.05, 3.63) is 22.4 Å². The van der Waals surface area contributed by atoms with E-state index in [9.17, 15) is 14.7 Å². The quantitative estimate of drug-likeness (QED) is 0.623. The molecule has 1 aromatic heterocycles. The number of amides is 3. The lowest BCUT2D eigenvalue weighted by Crippen LogP contribution is -2.54. The van der Waals surface area contributed by atoms with Crippen LogP contribution >= 0.6 is 23.1 Å². The van der Waals surface area contributed by atoms with E-state index in [1.807, 2.05) is 29.3 Å². The van der Waals surface area contributed by atoms with Crippen LogP contribution in [0.5, 0.6) is 0 Å². The number of thioether (sulfide) groups is 1. The number of carbonyl (C=O) groups is 2. The summed E-state index contributed by atoms with van der Waals surface area (Å²) in [6, 6.07) is 2.63. The summed E-state index contributed by atoms with van der Waals surface area (Å²) in [5, 5.41) is 17.1. The Labute approximate surface area is 137 Å². The first kappa shape index (κ1) is 17.1. The lowest BCUT2D eigenvalue weighted by Gasteiger charge is -2.36. The van der Waals surface area contributed by atoms with Gasteiger partial charge >= 0.3 is 6.03 Å². The minimum absolute atomic E-state index is 0.0633. The number of nitrogens with one attached hydrogen (secondary N) is 2. The number of aliphatic hydroxyl groups excluding tert-OH is 1. The molecule has 122 valence electrons. The number of primary amides is 1. The summed E-state index contributed by atoms with van der Waals surface area (Å²) < 4.78 is 0. The van der Waals surface area contributed by atoms with E-state index in [0.29, 0.717) is 0 Å². The summed E-state index contributed by atoms with van der Waals surface area (Å²) in [7, 11) is 0. The van der Waals surface area contributed by atoms with Crippen molar-refractivity contribution in [1.29, 1.82) is 0 Å². The van der Waals surface area contributed by atoms with Crippen LogP contribution in [0.15, 0.2) is 17.5 Å². The van der Waals surface area contributed by atoms with Gasteiger partial charge in [-0.2, -0.15) is 11.8 Å². The summed E-state index contributed by atoms with van der Waals surface area (Å²) in [6.45, 7) is -0.0633. The Bertz CT molecular complexity index is 501. The van der Waals surface area contributed by atoms with Crippen molar-refractivity contribution in [2.75, 3.05) is 18.1 Å². The summed E-state index contributed by atoms with van der Waals surface area (Å²) >= 11 is 3.29. The Hall–Kier alpha value is -1.25. The van der Waals surface area contributed by atoms with Crippen LogP contribution in [-0.4, -0.2) is 40.7 Å². The number of rotatable bonds is 6. The van der Waals surface area contributed by atoms with Gasteiger partial charge in [0.1, 0.15) is 0 Å². The average Bonchev–Trinajstić information content (AvgIpc) is 3.01. The molecule has 5 N–H and O–H groups in total. The molecule has 1 aliphatic heterocycles. The highest BCUT2D eigenvalue weighted by molar-refractivity contribution is 7.99. The number of carbonyl (C=O) groups excluding carboxylic acids is 2. The topological polar surface area (TPSA) is 104 Å². The molecule has 8 heteroatoms. The fraction of sp³-hybridized carbons (Fsp3) is 0.571. The summed E-state index contributed by atoms with van der Waals surface area (Å²) in [5.74, 6) is 1.66. The van der Waals surface area contributed by atoms with Gasteiger partial charge in [-0.1, -0.05) is 6.07 Å². The van der Waals surface area contributed by atoms with Gasteiger partial charge in [-0.05, 0) is 35.8 Å². The van der Waals surface area contributed by atoms with E-state index in [0.717, 1.165) is 29.2 Å². The largest absolute Gasteiger partial charge is 0.394 e. The van der Waals surface area contributed by atoms with Crippen LogP contribution in [0.3, 0.4) is 0 Å². The monoisotopic (exact) mass is 343 g/mol. The summed E-state index contributed by atoms with van der Waals surface area (Å²) in [4.78, 5) is 24.4. The molecule has 1 aliphatic rings. The molecule has 0 aliphatic carbocycles. The molecule has 2 rings (SSSR count). The van der Waals surface area contributed by atoms with Crippen LogP contribution in [0.4, 0.5) is 4.79 Å². The third-order valence-corrected chi connectivity index (χ3v) is 5.72. The number of thiophene rings is 1. The molecule has 0 radical (unpaired) electrons. The van der Waals surface area contributed by atoms with Crippen molar-refractivity contribution in [1.82, 2.24) is 10.6 Å². The molecule has 1 fully saturated rings. The van der Waals surface area contributed by atoms with Crippen molar-refractivity contribution in [2.45, 2.75) is 30.8 Å². The van der Waals surface area contributed by atoms with Gasteiger partial charge in [-0.3, -0.25) is 4.79 Å². The van der Waals surface area contributed by atoms with E-state index in [2.05, 4.69) is 10.6 Å². The van der Waals surface area contributed by atoms with Gasteiger partial charge in [0.15, 0.2) is 0 Å². The molecule has 1 unspecified atom stereocenters. The number of hydrogen-bond donors (Lipinski definition) is 4. The zero-order valence-corrected chi connectivity index (χ0v) is 13.8. The van der Waals surface area contributed by atoms with Gasteiger partial charge in [-0.15, -0.1) is 11.3 Å². The van der Waals surface area contributed by atoms with Crippen LogP contribution in [0, 0.1) is 0 Å². The lowest BCUT2D eigenvalue weighted by atomic mass is 9.92. The second-order valence-corrected chi connectivity index (χ2v) is 7.58. The second-order valence-electron chi connectivity index (χ2n) is 5.38. The molecule has 3 amide bonds. The van der Waals surface area contributed by atoms with Crippen molar-refractivity contribution < 1.29 is 14.7 Å². The Morgan fingerprint density at radius 2 is 2.14 bits per heavy atom. The highest BCUT2D eigenvalue weighted by Crippen LogP contribution is 2.28. The Morgan fingerprint density at radius 3 is 2.68 bits per heavy atom. The fourth-order valence-corrected chi connectivity index (χ4v) is 4.55. The lowest BCUT2D eigenvalue weighted by molar-refractivity contribution is -0.124. The van der Waals surface area contributed by atoms with E-state index in [1.165, 1.54) is 11.3 Å². The molecule has 0 bridgehead atoms. The van der Waals surface area contributed by atoms with Crippen LogP contribution < -0.4 is 16.4 Å². The van der Waals surface area contributed by atoms with E-state index in [1.54, 1.807) is 0 Å². The molecule has 1 atom stereocenters. The molecule has 6 nitrogen and oxygen atoms in total. The summed E-state index contributed by atoms with van der Waals surface area (Å²) in [6.07, 6.45) is 1.62. The molecule has 1 saturated heterocycles. The number of hydrogen-bond acceptors (Lipinski definition) is 5. The maximum absolute atomic E-state index is 12.3. The van der Waals surface area contributed by atoms with Gasteiger partial charge in [0, 0.05) is 4.88 Å². The van der Waals surface area contributed by atoms with Gasteiger partial charge < -0.3 is 21.5 Å². The number of urea groups is 1. The third-order valence-electron chi connectivity index (χ3n) is 3.75. The maximum atomic E-state index is 12.3. The molecule has 0 spiro atoms. The zero-order chi connectivity index (χ0) is 16.0. The Balaban J connectivity index is 1.99. The van der Waals surface area contributed by atoms with Crippen LogP contribution in [0.2, 0.25) is 0 Å². The van der Waals surface area contributed by atoms with Crippen LogP contribution in [-0.2, 0) is 4.79 Å². The van der Waals surface area contributed by atoms with E-state index >= 15 is 0 Å². The first-order valence-corrected chi connectivity index (χ1v) is 9.17. The zero-order valence-electron chi connectivity index (χ0n) is 12.2. The summed E-state index contributed by atoms with van der Waals surface area (Å²) in [5.41, 5.74) is 4.66. The average molecular weight is 343 g/mol. The fourth-order valence-electron chi connectivity index (χ4n) is 2.50. The predicted octanol–water partition coefficient (Wildman–Crippen LogP) is 1.22. The van der Waals surface area contributed by atoms with Gasteiger partial charge in [-0.25, -0.2) is 4.79 Å². The van der Waals surface area contributed by atoms with Crippen LogP contribution in [0.1, 0.15) is 30.2 Å². The number of aliphatic hydroxyl groups is 1. The molecule has 0 saturated carbocycles. The first-order chi connectivity index (χ1) is 10.5. The van der Waals surface area contributed by atoms with Crippen molar-refractivity contribution in [3.8, 4) is 0 Å². The normalized spacial score (nSPS) is 18.4. The molecule has 22 heavy (non-hydrogen) atoms. The van der Waals surface area contributed by atoms with Crippen molar-refractivity contribution in [2.24, 2.45) is 5.73 Å². The minimum Gasteiger partial charge on any atom is -0.394 e. The predicted molar refractivity (Wildman–Crippen MR) is 88.9 cm³/mol. The number of nitrogens with two attached hydrogens (primary N) is 1. The van der Waals surface area contributed by atoms with Crippen molar-refractivity contribution in [3.63, 3.8) is 0 Å². The standard InChI is InChI=1S/C14H21N3O3S2/c15-13(20)16-10(11-2-1-5-22-11)8-12(19)17-14(9-18)3-6-21-7-4-14/h1-2,5,10,18H,3-4,6-9H2,(H,17,19)(H3,15,16,20). The molecular weight excluding hydrogens is 322 g/mol. The SMILES string of the molecule is NC(=O)NC(CC(=O)NC1(CO)CCSCC1)c1cccs1. The minimum atomic E-state index is -0.655. The second kappa shape index (κ2) is 7.85. The molecular formula is C14H21N3O3S2. The van der Waals surface area contributed by atoms with E-state index in [4.69, 9.17) is 5.73 Å². The van der Waals surface area contributed by atoms with Crippen molar-refractivity contribution >= 4 is 35.0 Å². The Kier molecular flexibility index (Phi) is 6.10. The molecule has 0 aromatic carbocycles.